The fourth-order valence-electron chi connectivity index (χ4n) is 2.82. The van der Waals surface area contributed by atoms with Crippen molar-refractivity contribution in [1.29, 1.82) is 0 Å². The van der Waals surface area contributed by atoms with E-state index in [0.717, 1.165) is 21.2 Å². The number of hydrogen-bond donors (Lipinski definition) is 2. The number of ether oxygens (including phenoxy) is 1. The van der Waals surface area contributed by atoms with Crippen molar-refractivity contribution >= 4 is 29.4 Å². The summed E-state index contributed by atoms with van der Waals surface area (Å²) in [7, 11) is 3.98. The number of hydrogen-bond acceptors (Lipinski definition) is 5. The minimum atomic E-state index is -5.07. The lowest BCUT2D eigenvalue weighted by Gasteiger charge is -2.26. The van der Waals surface area contributed by atoms with Gasteiger partial charge < -0.3 is 15.4 Å². The highest BCUT2D eigenvalue weighted by atomic mass is 35.5. The normalized spacial score (nSPS) is 11.2. The monoisotopic (exact) mass is 481 g/mol. The summed E-state index contributed by atoms with van der Waals surface area (Å²) in [4.78, 5) is 50.4. The van der Waals surface area contributed by atoms with Crippen LogP contribution in [0.5, 0.6) is 5.75 Å². The molecule has 0 aliphatic heterocycles. The van der Waals surface area contributed by atoms with Crippen LogP contribution in [0.2, 0.25) is 5.02 Å². The molecule has 1 aromatic carbocycles. The molecule has 0 atom stereocenters. The number of imide groups is 1. The number of halogens is 5. The van der Waals surface area contributed by atoms with E-state index in [4.69, 9.17) is 16.3 Å². The first-order valence-electron chi connectivity index (χ1n) is 8.51. The summed E-state index contributed by atoms with van der Waals surface area (Å²) < 4.78 is 59.7. The second-order valence-electron chi connectivity index (χ2n) is 6.06. The highest BCUT2D eigenvalue weighted by molar-refractivity contribution is 6.33. The zero-order chi connectivity index (χ0) is 24.5. The Morgan fingerprint density at radius 3 is 2.09 bits per heavy atom. The molecule has 15 heteroatoms. The second kappa shape index (κ2) is 8.90. The molecule has 4 amide bonds. The number of nitrogens with zero attached hydrogens (tertiary/aromatic N) is 3. The molecule has 0 saturated carbocycles. The van der Waals surface area contributed by atoms with Crippen LogP contribution in [0.15, 0.2) is 21.7 Å². The minimum Gasteiger partial charge on any atom is -0.493 e. The van der Waals surface area contributed by atoms with Gasteiger partial charge >= 0.3 is 23.9 Å². The fourth-order valence-corrected chi connectivity index (χ4v) is 3.08. The Morgan fingerprint density at radius 1 is 1.12 bits per heavy atom. The van der Waals surface area contributed by atoms with Crippen LogP contribution in [-0.2, 0) is 13.2 Å². The molecule has 0 fully saturated rings. The molecule has 1 aromatic heterocycles. The van der Waals surface area contributed by atoms with Gasteiger partial charge in [0.1, 0.15) is 17.1 Å². The van der Waals surface area contributed by atoms with Gasteiger partial charge in [-0.05, 0) is 6.07 Å². The summed E-state index contributed by atoms with van der Waals surface area (Å²) in [5.74, 6) is -1.91. The minimum absolute atomic E-state index is 0.0254. The van der Waals surface area contributed by atoms with Gasteiger partial charge in [0.2, 0.25) is 0 Å². The summed E-state index contributed by atoms with van der Waals surface area (Å²) in [6.07, 6.45) is -5.07. The highest BCUT2D eigenvalue weighted by Crippen LogP contribution is 2.42. The van der Waals surface area contributed by atoms with E-state index in [1.807, 2.05) is 0 Å². The molecule has 2 aromatic rings. The van der Waals surface area contributed by atoms with Crippen molar-refractivity contribution in [2.75, 3.05) is 26.1 Å². The molecule has 0 bridgehead atoms. The lowest BCUT2D eigenvalue weighted by atomic mass is 10.2. The Morgan fingerprint density at radius 2 is 1.66 bits per heavy atom. The molecule has 0 radical (unpaired) electrons. The molecule has 2 rings (SSSR count). The van der Waals surface area contributed by atoms with Crippen LogP contribution in [0, 0.1) is 5.82 Å². The van der Waals surface area contributed by atoms with Gasteiger partial charge in [-0.15, -0.1) is 0 Å². The van der Waals surface area contributed by atoms with Crippen LogP contribution in [0.25, 0.3) is 5.69 Å². The molecule has 0 unspecified atom stereocenters. The van der Waals surface area contributed by atoms with Crippen LogP contribution in [-0.4, -0.2) is 42.4 Å². The Balaban J connectivity index is 3.13. The van der Waals surface area contributed by atoms with E-state index in [9.17, 15) is 32.3 Å². The van der Waals surface area contributed by atoms with Gasteiger partial charge in [0.25, 0.3) is 5.56 Å². The predicted octanol–water partition coefficient (Wildman–Crippen LogP) is 1.84. The number of aromatic nitrogens is 2. The number of alkyl halides is 3. The van der Waals surface area contributed by atoms with Gasteiger partial charge in [-0.2, -0.15) is 13.2 Å². The number of amides is 4. The van der Waals surface area contributed by atoms with E-state index < -0.39 is 63.1 Å². The SMILES string of the molecule is CNC(=O)N(C(=O)NC)c1c(OC)c(Cl)cc(F)c1-n1c(=O)cc(C(F)(F)F)n(C)c1=O. The molecule has 2 N–H and O–H groups in total. The number of anilines is 1. The van der Waals surface area contributed by atoms with E-state index in [1.54, 1.807) is 0 Å². The second-order valence-corrected chi connectivity index (χ2v) is 6.47. The van der Waals surface area contributed by atoms with E-state index >= 15 is 4.39 Å². The maximum Gasteiger partial charge on any atom is 0.431 e. The number of methoxy groups -OCH3 is 1. The first-order chi connectivity index (χ1) is 14.8. The molecule has 32 heavy (non-hydrogen) atoms. The molecular weight excluding hydrogens is 466 g/mol. The highest BCUT2D eigenvalue weighted by Gasteiger charge is 2.37. The summed E-state index contributed by atoms with van der Waals surface area (Å²) in [5.41, 5.74) is -6.61. The van der Waals surface area contributed by atoms with Crippen molar-refractivity contribution in [3.8, 4) is 11.4 Å². The van der Waals surface area contributed by atoms with Gasteiger partial charge in [-0.1, -0.05) is 11.6 Å². The number of nitrogens with one attached hydrogen (secondary N) is 2. The molecular formula is C17H16ClF4N5O5. The Bertz CT molecular complexity index is 1190. The Hall–Kier alpha value is -3.55. The van der Waals surface area contributed by atoms with Gasteiger partial charge in [0.15, 0.2) is 11.6 Å². The zero-order valence-electron chi connectivity index (χ0n) is 16.9. The summed E-state index contributed by atoms with van der Waals surface area (Å²) in [6, 6.07) is -1.66. The number of rotatable bonds is 3. The first-order valence-corrected chi connectivity index (χ1v) is 8.89. The van der Waals surface area contributed by atoms with Crippen LogP contribution in [0.3, 0.4) is 0 Å². The average molecular weight is 482 g/mol. The number of carbonyl (C=O) groups is 2. The molecule has 0 aliphatic rings. The third-order valence-electron chi connectivity index (χ3n) is 4.23. The summed E-state index contributed by atoms with van der Waals surface area (Å²) >= 11 is 5.96. The van der Waals surface area contributed by atoms with Crippen LogP contribution >= 0.6 is 11.6 Å². The van der Waals surface area contributed by atoms with E-state index in [2.05, 4.69) is 10.6 Å². The van der Waals surface area contributed by atoms with Gasteiger partial charge in [-0.25, -0.2) is 28.2 Å². The standard InChI is InChI=1S/C17H16ClF4N5O5/c1-23-14(29)27(15(30)24-2)12-11(8(19)5-7(18)13(12)32-4)26-10(28)6-9(17(20,21)22)25(3)16(26)31/h5-6H,1-4H3,(H,23,29)(H,24,30). The predicted molar refractivity (Wildman–Crippen MR) is 105 cm³/mol. The van der Waals surface area contributed by atoms with Crippen LogP contribution < -0.4 is 31.5 Å². The molecule has 1 heterocycles. The third kappa shape index (κ3) is 4.12. The van der Waals surface area contributed by atoms with Gasteiger partial charge in [0, 0.05) is 27.2 Å². The number of benzene rings is 1. The summed E-state index contributed by atoms with van der Waals surface area (Å²) in [6.45, 7) is 0. The Kier molecular flexibility index (Phi) is 6.87. The summed E-state index contributed by atoms with van der Waals surface area (Å²) in [5, 5.41) is 3.75. The molecule has 0 aliphatic carbocycles. The molecule has 10 nitrogen and oxygen atoms in total. The van der Waals surface area contributed by atoms with Crippen molar-refractivity contribution in [2.45, 2.75) is 6.18 Å². The lowest BCUT2D eigenvalue weighted by molar-refractivity contribution is -0.144. The van der Waals surface area contributed by atoms with Crippen LogP contribution in [0.4, 0.5) is 32.8 Å². The lowest BCUT2D eigenvalue weighted by Crippen LogP contribution is -2.48. The van der Waals surface area contributed by atoms with Crippen molar-refractivity contribution in [3.05, 3.63) is 49.5 Å². The maximum atomic E-state index is 15.1. The largest absolute Gasteiger partial charge is 0.493 e. The topological polar surface area (TPSA) is 115 Å². The van der Waals surface area contributed by atoms with Gasteiger partial charge in [0.05, 0.1) is 12.1 Å². The van der Waals surface area contributed by atoms with Crippen molar-refractivity contribution < 1.29 is 31.9 Å². The Labute approximate surface area is 181 Å². The van der Waals surface area contributed by atoms with Gasteiger partial charge in [-0.3, -0.25) is 9.36 Å². The molecule has 0 saturated heterocycles. The average Bonchev–Trinajstić information content (AvgIpc) is 2.71. The zero-order valence-corrected chi connectivity index (χ0v) is 17.7. The first kappa shape index (κ1) is 24.7. The number of carbonyl (C=O) groups excluding carboxylic acids is 2. The van der Waals surface area contributed by atoms with Crippen molar-refractivity contribution in [3.63, 3.8) is 0 Å². The molecule has 0 spiro atoms. The fraction of sp³-hybridized carbons (Fsp3) is 0.294. The third-order valence-corrected chi connectivity index (χ3v) is 4.51. The molecule has 174 valence electrons. The van der Waals surface area contributed by atoms with Crippen molar-refractivity contribution in [2.24, 2.45) is 7.05 Å². The van der Waals surface area contributed by atoms with E-state index in [0.29, 0.717) is 13.1 Å². The smallest absolute Gasteiger partial charge is 0.431 e. The van der Waals surface area contributed by atoms with Crippen LogP contribution in [0.1, 0.15) is 5.69 Å². The number of urea groups is 2. The van der Waals surface area contributed by atoms with E-state index in [-0.39, 0.29) is 20.1 Å². The maximum absolute atomic E-state index is 15.1. The van der Waals surface area contributed by atoms with Crippen molar-refractivity contribution in [1.82, 2.24) is 19.8 Å². The quantitative estimate of drug-likeness (QED) is 0.649. The van der Waals surface area contributed by atoms with E-state index in [1.165, 1.54) is 0 Å².